The lowest BCUT2D eigenvalue weighted by molar-refractivity contribution is 0.412. The molecule has 1 N–H and O–H groups in total. The SMILES string of the molecule is COc1ccc(O)c(-c2c(F)ccc(Br)c2F)c1. The number of phenols is 1. The Bertz CT molecular complexity index is 600. The second kappa shape index (κ2) is 4.94. The van der Waals surface area contributed by atoms with Crippen molar-refractivity contribution in [2.75, 3.05) is 7.11 Å². The van der Waals surface area contributed by atoms with Gasteiger partial charge in [0.25, 0.3) is 0 Å². The third kappa shape index (κ3) is 2.18. The van der Waals surface area contributed by atoms with Crippen LogP contribution in [0.15, 0.2) is 34.8 Å². The summed E-state index contributed by atoms with van der Waals surface area (Å²) < 4.78 is 32.7. The van der Waals surface area contributed by atoms with Gasteiger partial charge in [-0.3, -0.25) is 0 Å². The molecule has 0 aliphatic rings. The number of ether oxygens (including phenoxy) is 1. The molecule has 0 bridgehead atoms. The van der Waals surface area contributed by atoms with E-state index in [4.69, 9.17) is 4.74 Å². The van der Waals surface area contributed by atoms with Gasteiger partial charge in [-0.05, 0) is 46.3 Å². The highest BCUT2D eigenvalue weighted by Crippen LogP contribution is 2.37. The summed E-state index contributed by atoms with van der Waals surface area (Å²) in [5, 5.41) is 9.72. The first-order valence-corrected chi connectivity index (χ1v) is 5.84. The molecule has 0 amide bonds. The van der Waals surface area contributed by atoms with Crippen LogP contribution in [-0.4, -0.2) is 12.2 Å². The predicted molar refractivity (Wildman–Crippen MR) is 67.7 cm³/mol. The lowest BCUT2D eigenvalue weighted by Crippen LogP contribution is -1.93. The fourth-order valence-corrected chi connectivity index (χ4v) is 1.95. The minimum Gasteiger partial charge on any atom is -0.507 e. The molecule has 0 saturated carbocycles. The normalized spacial score (nSPS) is 10.4. The highest BCUT2D eigenvalue weighted by atomic mass is 79.9. The fraction of sp³-hybridized carbons (Fsp3) is 0.0769. The van der Waals surface area contributed by atoms with Crippen molar-refractivity contribution in [1.82, 2.24) is 0 Å². The molecule has 0 fully saturated rings. The van der Waals surface area contributed by atoms with E-state index >= 15 is 0 Å². The second-order valence-electron chi connectivity index (χ2n) is 3.60. The summed E-state index contributed by atoms with van der Waals surface area (Å²) in [6, 6.07) is 6.61. The fourth-order valence-electron chi connectivity index (χ4n) is 1.62. The van der Waals surface area contributed by atoms with Crippen molar-refractivity contribution >= 4 is 15.9 Å². The van der Waals surface area contributed by atoms with Crippen LogP contribution in [0.2, 0.25) is 0 Å². The first-order chi connectivity index (χ1) is 8.54. The van der Waals surface area contributed by atoms with E-state index < -0.39 is 11.6 Å². The van der Waals surface area contributed by atoms with Crippen LogP contribution in [0, 0.1) is 11.6 Å². The highest BCUT2D eigenvalue weighted by molar-refractivity contribution is 9.10. The van der Waals surface area contributed by atoms with E-state index in [1.54, 1.807) is 0 Å². The van der Waals surface area contributed by atoms with Crippen LogP contribution in [0.1, 0.15) is 0 Å². The topological polar surface area (TPSA) is 29.5 Å². The van der Waals surface area contributed by atoms with Gasteiger partial charge in [-0.1, -0.05) is 0 Å². The molecule has 2 rings (SSSR count). The molecule has 0 unspecified atom stereocenters. The van der Waals surface area contributed by atoms with Gasteiger partial charge in [0.15, 0.2) is 0 Å². The van der Waals surface area contributed by atoms with Gasteiger partial charge in [-0.25, -0.2) is 8.78 Å². The number of methoxy groups -OCH3 is 1. The van der Waals surface area contributed by atoms with E-state index in [1.165, 1.54) is 31.4 Å². The first-order valence-electron chi connectivity index (χ1n) is 5.05. The Morgan fingerprint density at radius 3 is 2.56 bits per heavy atom. The van der Waals surface area contributed by atoms with Crippen molar-refractivity contribution in [1.29, 1.82) is 0 Å². The lowest BCUT2D eigenvalue weighted by atomic mass is 10.0. The molecule has 0 aliphatic carbocycles. The van der Waals surface area contributed by atoms with Gasteiger partial charge in [0.1, 0.15) is 23.1 Å². The van der Waals surface area contributed by atoms with Crippen LogP contribution in [-0.2, 0) is 0 Å². The zero-order valence-corrected chi connectivity index (χ0v) is 11.0. The molecule has 0 aliphatic heterocycles. The molecule has 94 valence electrons. The summed E-state index contributed by atoms with van der Waals surface area (Å²) in [5.74, 6) is -1.33. The highest BCUT2D eigenvalue weighted by Gasteiger charge is 2.18. The molecular formula is C13H9BrF2O2. The van der Waals surface area contributed by atoms with Gasteiger partial charge in [0.05, 0.1) is 17.1 Å². The van der Waals surface area contributed by atoms with Crippen molar-refractivity contribution < 1.29 is 18.6 Å². The molecule has 0 saturated heterocycles. The van der Waals surface area contributed by atoms with Crippen molar-refractivity contribution in [3.05, 3.63) is 46.4 Å². The Labute approximate surface area is 111 Å². The Kier molecular flexibility index (Phi) is 3.52. The lowest BCUT2D eigenvalue weighted by Gasteiger charge is -2.10. The van der Waals surface area contributed by atoms with Crippen LogP contribution in [0.3, 0.4) is 0 Å². The number of halogens is 3. The third-order valence-corrected chi connectivity index (χ3v) is 3.13. The summed E-state index contributed by atoms with van der Waals surface area (Å²) in [7, 11) is 1.43. The summed E-state index contributed by atoms with van der Waals surface area (Å²) >= 11 is 2.98. The Balaban J connectivity index is 2.72. The monoisotopic (exact) mass is 314 g/mol. The molecule has 0 aromatic heterocycles. The molecule has 0 spiro atoms. The molecule has 0 radical (unpaired) electrons. The minimum absolute atomic E-state index is 0.0469. The van der Waals surface area contributed by atoms with Crippen LogP contribution < -0.4 is 4.74 Å². The number of aromatic hydroxyl groups is 1. The molecule has 2 aromatic carbocycles. The standard InChI is InChI=1S/C13H9BrF2O2/c1-18-7-2-5-11(17)8(6-7)12-10(15)4-3-9(14)13(12)16/h2-6,17H,1H3. The van der Waals surface area contributed by atoms with Crippen molar-refractivity contribution in [2.24, 2.45) is 0 Å². The maximum Gasteiger partial charge on any atom is 0.148 e. The number of hydrogen-bond acceptors (Lipinski definition) is 2. The van der Waals surface area contributed by atoms with Crippen LogP contribution >= 0.6 is 15.9 Å². The molecule has 2 nitrogen and oxygen atoms in total. The molecule has 0 heterocycles. The van der Waals surface area contributed by atoms with Gasteiger partial charge >= 0.3 is 0 Å². The van der Waals surface area contributed by atoms with Crippen LogP contribution in [0.4, 0.5) is 8.78 Å². The molecule has 18 heavy (non-hydrogen) atoms. The second-order valence-corrected chi connectivity index (χ2v) is 4.46. The predicted octanol–water partition coefficient (Wildman–Crippen LogP) is 4.11. The Morgan fingerprint density at radius 2 is 1.89 bits per heavy atom. The van der Waals surface area contributed by atoms with Crippen molar-refractivity contribution in [3.63, 3.8) is 0 Å². The number of rotatable bonds is 2. The maximum atomic E-state index is 13.9. The van der Waals surface area contributed by atoms with E-state index in [0.717, 1.165) is 6.07 Å². The zero-order valence-electron chi connectivity index (χ0n) is 9.38. The largest absolute Gasteiger partial charge is 0.507 e. The number of phenolic OH excluding ortho intramolecular Hbond substituents is 1. The maximum absolute atomic E-state index is 13.9. The molecular weight excluding hydrogens is 306 g/mol. The van der Waals surface area contributed by atoms with Gasteiger partial charge in [-0.2, -0.15) is 0 Å². The first kappa shape index (κ1) is 12.8. The molecule has 5 heteroatoms. The van der Waals surface area contributed by atoms with Crippen LogP contribution in [0.5, 0.6) is 11.5 Å². The summed E-state index contributed by atoms with van der Waals surface area (Å²) in [5.41, 5.74) is -0.244. The Morgan fingerprint density at radius 1 is 1.17 bits per heavy atom. The van der Waals surface area contributed by atoms with Crippen molar-refractivity contribution in [2.45, 2.75) is 0 Å². The average molecular weight is 315 g/mol. The van der Waals surface area contributed by atoms with Crippen molar-refractivity contribution in [3.8, 4) is 22.6 Å². The molecule has 0 atom stereocenters. The van der Waals surface area contributed by atoms with Gasteiger partial charge in [0.2, 0.25) is 0 Å². The van der Waals surface area contributed by atoms with Gasteiger partial charge in [0, 0.05) is 5.56 Å². The average Bonchev–Trinajstić information content (AvgIpc) is 2.36. The number of benzene rings is 2. The van der Waals surface area contributed by atoms with E-state index in [9.17, 15) is 13.9 Å². The third-order valence-electron chi connectivity index (χ3n) is 2.52. The summed E-state index contributed by atoms with van der Waals surface area (Å²) in [6.45, 7) is 0. The Hall–Kier alpha value is -1.62. The van der Waals surface area contributed by atoms with E-state index in [1.807, 2.05) is 0 Å². The quantitative estimate of drug-likeness (QED) is 0.845. The van der Waals surface area contributed by atoms with E-state index in [2.05, 4.69) is 15.9 Å². The summed E-state index contributed by atoms with van der Waals surface area (Å²) in [4.78, 5) is 0. The van der Waals surface area contributed by atoms with Gasteiger partial charge < -0.3 is 9.84 Å². The van der Waals surface area contributed by atoms with Crippen LogP contribution in [0.25, 0.3) is 11.1 Å². The molecule has 2 aromatic rings. The van der Waals surface area contributed by atoms with Gasteiger partial charge in [-0.15, -0.1) is 0 Å². The van der Waals surface area contributed by atoms with E-state index in [-0.39, 0.29) is 21.3 Å². The van der Waals surface area contributed by atoms with E-state index in [0.29, 0.717) is 5.75 Å². The smallest absolute Gasteiger partial charge is 0.148 e. The minimum atomic E-state index is -0.765. The zero-order chi connectivity index (χ0) is 13.3. The number of hydrogen-bond donors (Lipinski definition) is 1. The summed E-state index contributed by atoms with van der Waals surface area (Å²) in [6.07, 6.45) is 0.